The molecule has 0 aromatic heterocycles. The number of hydrogen-bond acceptors (Lipinski definition) is 4. The van der Waals surface area contributed by atoms with Crippen LogP contribution >= 0.6 is 0 Å². The van der Waals surface area contributed by atoms with Gasteiger partial charge in [-0.3, -0.25) is 4.79 Å². The van der Waals surface area contributed by atoms with Gasteiger partial charge in [-0.2, -0.15) is 5.26 Å². The molecule has 0 saturated heterocycles. The first-order valence-corrected chi connectivity index (χ1v) is 5.53. The van der Waals surface area contributed by atoms with E-state index < -0.39 is 11.4 Å². The van der Waals surface area contributed by atoms with Crippen molar-refractivity contribution in [2.45, 2.75) is 12.8 Å². The van der Waals surface area contributed by atoms with Crippen LogP contribution in [0.25, 0.3) is 0 Å². The Morgan fingerprint density at radius 3 is 2.61 bits per heavy atom. The number of methoxy groups -OCH3 is 1. The monoisotopic (exact) mass is 244 g/mol. The van der Waals surface area contributed by atoms with Crippen molar-refractivity contribution < 1.29 is 14.3 Å². The van der Waals surface area contributed by atoms with Crippen molar-refractivity contribution >= 4 is 17.6 Å². The fourth-order valence-corrected chi connectivity index (χ4v) is 1.64. The summed E-state index contributed by atoms with van der Waals surface area (Å²) in [6, 6.07) is 8.56. The molecule has 0 heterocycles. The zero-order valence-corrected chi connectivity index (χ0v) is 9.90. The van der Waals surface area contributed by atoms with Gasteiger partial charge >= 0.3 is 5.97 Å². The lowest BCUT2D eigenvalue weighted by Crippen LogP contribution is -2.24. The molecule has 0 aliphatic heterocycles. The van der Waals surface area contributed by atoms with Crippen LogP contribution in [0.4, 0.5) is 5.69 Å². The number of ether oxygens (including phenoxy) is 1. The highest BCUT2D eigenvalue weighted by atomic mass is 16.5. The molecule has 0 radical (unpaired) electrons. The molecule has 92 valence electrons. The molecule has 0 spiro atoms. The molecule has 1 aliphatic rings. The summed E-state index contributed by atoms with van der Waals surface area (Å²) in [6.07, 6.45) is 1.13. The fraction of sp³-hybridized carbons (Fsp3) is 0.308. The summed E-state index contributed by atoms with van der Waals surface area (Å²) >= 11 is 0. The first-order chi connectivity index (χ1) is 8.63. The Bertz CT molecular complexity index is 541. The Morgan fingerprint density at radius 2 is 2.06 bits per heavy atom. The molecule has 5 nitrogen and oxygen atoms in total. The number of nitrogens with zero attached hydrogens (tertiary/aromatic N) is 1. The number of benzene rings is 1. The van der Waals surface area contributed by atoms with Crippen molar-refractivity contribution in [1.82, 2.24) is 0 Å². The second kappa shape index (κ2) is 4.49. The maximum Gasteiger partial charge on any atom is 0.339 e. The van der Waals surface area contributed by atoms with Crippen molar-refractivity contribution in [3.8, 4) is 6.07 Å². The molecule has 1 aliphatic carbocycles. The molecule has 1 aromatic carbocycles. The summed E-state index contributed by atoms with van der Waals surface area (Å²) in [5, 5.41) is 11.5. The zero-order chi connectivity index (χ0) is 13.2. The highest BCUT2D eigenvalue weighted by molar-refractivity contribution is 6.04. The third-order valence-corrected chi connectivity index (χ3v) is 2.98. The predicted molar refractivity (Wildman–Crippen MR) is 63.7 cm³/mol. The molecule has 18 heavy (non-hydrogen) atoms. The van der Waals surface area contributed by atoms with Crippen molar-refractivity contribution in [2.24, 2.45) is 5.41 Å². The molecule has 1 amide bonds. The first kappa shape index (κ1) is 12.1. The van der Waals surface area contributed by atoms with Gasteiger partial charge in [-0.05, 0) is 25.0 Å². The lowest BCUT2D eigenvalue weighted by molar-refractivity contribution is -0.119. The van der Waals surface area contributed by atoms with E-state index in [9.17, 15) is 9.59 Å². The SMILES string of the molecule is COC(=O)c1ccccc1NC(=O)C1(C#N)CC1. The van der Waals surface area contributed by atoms with E-state index in [-0.39, 0.29) is 11.5 Å². The minimum atomic E-state index is -0.913. The number of hydrogen-bond donors (Lipinski definition) is 1. The average molecular weight is 244 g/mol. The number of anilines is 1. The fourth-order valence-electron chi connectivity index (χ4n) is 1.64. The molecule has 0 unspecified atom stereocenters. The van der Waals surface area contributed by atoms with Crippen molar-refractivity contribution in [3.63, 3.8) is 0 Å². The Hall–Kier alpha value is -2.35. The third kappa shape index (κ3) is 2.05. The maximum absolute atomic E-state index is 11.9. The number of nitriles is 1. The summed E-state index contributed by atoms with van der Waals surface area (Å²) in [6.45, 7) is 0. The standard InChI is InChI=1S/C13H12N2O3/c1-18-11(16)9-4-2-3-5-10(9)15-12(17)13(8-14)6-7-13/h2-5H,6-7H2,1H3,(H,15,17). The molecule has 1 aromatic rings. The molecule has 1 N–H and O–H groups in total. The van der Waals surface area contributed by atoms with Gasteiger partial charge in [0.1, 0.15) is 5.41 Å². The summed E-state index contributed by atoms with van der Waals surface area (Å²) < 4.78 is 4.63. The van der Waals surface area contributed by atoms with Crippen LogP contribution in [-0.2, 0) is 9.53 Å². The van der Waals surface area contributed by atoms with Crippen molar-refractivity contribution in [2.75, 3.05) is 12.4 Å². The Labute approximate surface area is 104 Å². The summed E-state index contributed by atoms with van der Waals surface area (Å²) in [7, 11) is 1.28. The van der Waals surface area contributed by atoms with E-state index in [1.54, 1.807) is 24.3 Å². The van der Waals surface area contributed by atoms with Crippen molar-refractivity contribution in [3.05, 3.63) is 29.8 Å². The highest BCUT2D eigenvalue weighted by Crippen LogP contribution is 2.45. The molecule has 0 atom stereocenters. The zero-order valence-electron chi connectivity index (χ0n) is 9.90. The lowest BCUT2D eigenvalue weighted by atomic mass is 10.1. The van der Waals surface area contributed by atoms with Gasteiger partial charge in [-0.25, -0.2) is 4.79 Å². The number of para-hydroxylation sites is 1. The number of esters is 1. The van der Waals surface area contributed by atoms with Gasteiger partial charge in [0.25, 0.3) is 0 Å². The van der Waals surface area contributed by atoms with Crippen LogP contribution in [0.5, 0.6) is 0 Å². The number of amides is 1. The average Bonchev–Trinajstić information content (AvgIpc) is 3.19. The van der Waals surface area contributed by atoms with E-state index in [4.69, 9.17) is 5.26 Å². The second-order valence-electron chi connectivity index (χ2n) is 4.19. The molecule has 1 saturated carbocycles. The number of rotatable bonds is 3. The van der Waals surface area contributed by atoms with E-state index in [1.165, 1.54) is 7.11 Å². The van der Waals surface area contributed by atoms with Gasteiger partial charge < -0.3 is 10.1 Å². The molecular formula is C13H12N2O3. The van der Waals surface area contributed by atoms with Gasteiger partial charge in [-0.1, -0.05) is 12.1 Å². The van der Waals surface area contributed by atoms with E-state index in [1.807, 2.05) is 6.07 Å². The van der Waals surface area contributed by atoms with E-state index >= 15 is 0 Å². The van der Waals surface area contributed by atoms with Crippen LogP contribution in [0.1, 0.15) is 23.2 Å². The molecule has 0 bridgehead atoms. The van der Waals surface area contributed by atoms with E-state index in [0.29, 0.717) is 18.5 Å². The largest absolute Gasteiger partial charge is 0.465 e. The topological polar surface area (TPSA) is 79.2 Å². The number of carbonyl (C=O) groups excluding carboxylic acids is 2. The van der Waals surface area contributed by atoms with Gasteiger partial charge in [0.2, 0.25) is 5.91 Å². The summed E-state index contributed by atoms with van der Waals surface area (Å²) in [5.41, 5.74) is -0.263. The van der Waals surface area contributed by atoms with Gasteiger partial charge in [0, 0.05) is 0 Å². The minimum Gasteiger partial charge on any atom is -0.465 e. The first-order valence-electron chi connectivity index (χ1n) is 5.53. The quantitative estimate of drug-likeness (QED) is 0.821. The third-order valence-electron chi connectivity index (χ3n) is 2.98. The van der Waals surface area contributed by atoms with Crippen LogP contribution in [0.15, 0.2) is 24.3 Å². The van der Waals surface area contributed by atoms with Gasteiger partial charge in [0.15, 0.2) is 0 Å². The lowest BCUT2D eigenvalue weighted by Gasteiger charge is -2.11. The highest BCUT2D eigenvalue weighted by Gasteiger charge is 2.50. The number of carbonyl (C=O) groups is 2. The minimum absolute atomic E-state index is 0.280. The van der Waals surface area contributed by atoms with Crippen LogP contribution < -0.4 is 5.32 Å². The van der Waals surface area contributed by atoms with Crippen LogP contribution in [-0.4, -0.2) is 19.0 Å². The van der Waals surface area contributed by atoms with Crippen LogP contribution in [0, 0.1) is 16.7 Å². The smallest absolute Gasteiger partial charge is 0.339 e. The molecule has 5 heteroatoms. The maximum atomic E-state index is 11.9. The normalized spacial score (nSPS) is 15.3. The van der Waals surface area contributed by atoms with E-state index in [0.717, 1.165) is 0 Å². The summed E-state index contributed by atoms with van der Waals surface area (Å²) in [4.78, 5) is 23.4. The Balaban J connectivity index is 2.22. The molecular weight excluding hydrogens is 232 g/mol. The summed E-state index contributed by atoms with van der Waals surface area (Å²) in [5.74, 6) is -0.881. The molecule has 1 fully saturated rings. The Kier molecular flexibility index (Phi) is 3.02. The van der Waals surface area contributed by atoms with Gasteiger partial charge in [-0.15, -0.1) is 0 Å². The molecule has 2 rings (SSSR count). The van der Waals surface area contributed by atoms with Crippen LogP contribution in [0.3, 0.4) is 0 Å². The van der Waals surface area contributed by atoms with Crippen molar-refractivity contribution in [1.29, 1.82) is 5.26 Å². The van der Waals surface area contributed by atoms with E-state index in [2.05, 4.69) is 10.1 Å². The Morgan fingerprint density at radius 1 is 1.39 bits per heavy atom. The number of nitrogens with one attached hydrogen (secondary N) is 1. The second-order valence-corrected chi connectivity index (χ2v) is 4.19. The predicted octanol–water partition coefficient (Wildman–Crippen LogP) is 1.72. The van der Waals surface area contributed by atoms with Gasteiger partial charge in [0.05, 0.1) is 24.4 Å². The van der Waals surface area contributed by atoms with Crippen LogP contribution in [0.2, 0.25) is 0 Å².